The minimum atomic E-state index is 0.213. The fourth-order valence-corrected chi connectivity index (χ4v) is 2.28. The molecular formula is C11H22N2OS. The van der Waals surface area contributed by atoms with E-state index in [9.17, 15) is 4.79 Å². The van der Waals surface area contributed by atoms with Crippen molar-refractivity contribution in [1.82, 2.24) is 10.6 Å². The van der Waals surface area contributed by atoms with Gasteiger partial charge in [-0.1, -0.05) is 0 Å². The Morgan fingerprint density at radius 3 is 3.07 bits per heavy atom. The van der Waals surface area contributed by atoms with Gasteiger partial charge in [0.15, 0.2) is 0 Å². The maximum Gasteiger partial charge on any atom is 0.220 e. The standard InChI is InChI=1S/C11H22N2OS/c1-15-8-3-2-6-11(14)13-9-10-5-4-7-12-10/h10,12H,2-9H2,1H3,(H,13,14). The van der Waals surface area contributed by atoms with Crippen molar-refractivity contribution in [2.45, 2.75) is 38.1 Å². The first-order valence-corrected chi connectivity index (χ1v) is 7.21. The van der Waals surface area contributed by atoms with Crippen molar-refractivity contribution in [3.05, 3.63) is 0 Å². The van der Waals surface area contributed by atoms with Crippen LogP contribution in [0.25, 0.3) is 0 Å². The molecule has 4 heteroatoms. The lowest BCUT2D eigenvalue weighted by Gasteiger charge is -2.11. The summed E-state index contributed by atoms with van der Waals surface area (Å²) >= 11 is 1.85. The molecule has 3 nitrogen and oxygen atoms in total. The predicted molar refractivity (Wildman–Crippen MR) is 66.3 cm³/mol. The molecule has 0 spiro atoms. The van der Waals surface area contributed by atoms with Crippen LogP contribution in [0.2, 0.25) is 0 Å². The molecule has 1 atom stereocenters. The number of hydrogen-bond acceptors (Lipinski definition) is 3. The molecule has 1 heterocycles. The lowest BCUT2D eigenvalue weighted by molar-refractivity contribution is -0.121. The number of thioether (sulfide) groups is 1. The molecule has 0 radical (unpaired) electrons. The van der Waals surface area contributed by atoms with Gasteiger partial charge in [0, 0.05) is 19.0 Å². The molecule has 88 valence electrons. The Hall–Kier alpha value is -0.220. The molecule has 0 saturated carbocycles. The molecule has 15 heavy (non-hydrogen) atoms. The molecule has 2 N–H and O–H groups in total. The normalized spacial score (nSPS) is 20.5. The SMILES string of the molecule is CSCCCCC(=O)NCC1CCCN1. The minimum absolute atomic E-state index is 0.213. The average Bonchev–Trinajstić information content (AvgIpc) is 2.74. The van der Waals surface area contributed by atoms with Gasteiger partial charge < -0.3 is 10.6 Å². The van der Waals surface area contributed by atoms with E-state index in [1.807, 2.05) is 11.8 Å². The molecule has 1 unspecified atom stereocenters. The average molecular weight is 230 g/mol. The van der Waals surface area contributed by atoms with E-state index in [1.165, 1.54) is 12.8 Å². The fraction of sp³-hybridized carbons (Fsp3) is 0.909. The predicted octanol–water partition coefficient (Wildman–Crippen LogP) is 1.39. The molecule has 1 fully saturated rings. The van der Waals surface area contributed by atoms with Gasteiger partial charge in [0.25, 0.3) is 0 Å². The van der Waals surface area contributed by atoms with Crippen LogP contribution in [0.15, 0.2) is 0 Å². The van der Waals surface area contributed by atoms with E-state index < -0.39 is 0 Å². The molecule has 1 amide bonds. The van der Waals surface area contributed by atoms with Gasteiger partial charge in [-0.05, 0) is 44.2 Å². The first-order chi connectivity index (χ1) is 7.33. The van der Waals surface area contributed by atoms with Gasteiger partial charge in [-0.2, -0.15) is 11.8 Å². The smallest absolute Gasteiger partial charge is 0.220 e. The molecular weight excluding hydrogens is 208 g/mol. The summed E-state index contributed by atoms with van der Waals surface area (Å²) in [6, 6.07) is 0.514. The summed E-state index contributed by atoms with van der Waals surface area (Å²) in [7, 11) is 0. The first-order valence-electron chi connectivity index (χ1n) is 5.82. The Bertz CT molecular complexity index is 181. The number of nitrogens with one attached hydrogen (secondary N) is 2. The highest BCUT2D eigenvalue weighted by Crippen LogP contribution is 2.04. The maximum absolute atomic E-state index is 11.4. The maximum atomic E-state index is 11.4. The summed E-state index contributed by atoms with van der Waals surface area (Å²) in [6.07, 6.45) is 7.40. The molecule has 0 bridgehead atoms. The Morgan fingerprint density at radius 2 is 2.40 bits per heavy atom. The largest absolute Gasteiger partial charge is 0.355 e. The Labute approximate surface area is 96.8 Å². The molecule has 1 saturated heterocycles. The van der Waals surface area contributed by atoms with Gasteiger partial charge in [-0.3, -0.25) is 4.79 Å². The quantitative estimate of drug-likeness (QED) is 0.649. The Balaban J connectivity index is 1.93. The van der Waals surface area contributed by atoms with Crippen molar-refractivity contribution < 1.29 is 4.79 Å². The van der Waals surface area contributed by atoms with E-state index in [2.05, 4.69) is 16.9 Å². The third-order valence-corrected chi connectivity index (χ3v) is 3.41. The van der Waals surface area contributed by atoms with Gasteiger partial charge in [0.2, 0.25) is 5.91 Å². The highest BCUT2D eigenvalue weighted by molar-refractivity contribution is 7.98. The number of rotatable bonds is 7. The fourth-order valence-electron chi connectivity index (χ4n) is 1.79. The second-order valence-electron chi connectivity index (χ2n) is 4.05. The molecule has 1 aliphatic heterocycles. The zero-order valence-corrected chi connectivity index (χ0v) is 10.4. The number of carbonyl (C=O) groups is 1. The van der Waals surface area contributed by atoms with Crippen LogP contribution in [0, 0.1) is 0 Å². The third-order valence-electron chi connectivity index (χ3n) is 2.71. The van der Waals surface area contributed by atoms with E-state index >= 15 is 0 Å². The first kappa shape index (κ1) is 12.8. The van der Waals surface area contributed by atoms with Gasteiger partial charge in [-0.25, -0.2) is 0 Å². The summed E-state index contributed by atoms with van der Waals surface area (Å²) in [4.78, 5) is 11.4. The van der Waals surface area contributed by atoms with Crippen LogP contribution in [-0.4, -0.2) is 37.0 Å². The number of carbonyl (C=O) groups excluding carboxylic acids is 1. The van der Waals surface area contributed by atoms with Crippen LogP contribution in [0.3, 0.4) is 0 Å². The third kappa shape index (κ3) is 6.05. The molecule has 0 aromatic rings. The molecule has 1 rings (SSSR count). The highest BCUT2D eigenvalue weighted by Gasteiger charge is 2.14. The molecule has 0 aromatic heterocycles. The summed E-state index contributed by atoms with van der Waals surface area (Å²) in [5, 5.41) is 6.36. The van der Waals surface area contributed by atoms with Gasteiger partial charge in [0.05, 0.1) is 0 Å². The van der Waals surface area contributed by atoms with E-state index in [4.69, 9.17) is 0 Å². The van der Waals surface area contributed by atoms with E-state index in [-0.39, 0.29) is 5.91 Å². The van der Waals surface area contributed by atoms with Crippen LogP contribution < -0.4 is 10.6 Å². The summed E-state index contributed by atoms with van der Waals surface area (Å²) in [5.41, 5.74) is 0. The molecule has 1 aliphatic rings. The van der Waals surface area contributed by atoms with E-state index in [0.29, 0.717) is 12.5 Å². The zero-order valence-electron chi connectivity index (χ0n) is 9.55. The summed E-state index contributed by atoms with van der Waals surface area (Å²) < 4.78 is 0. The minimum Gasteiger partial charge on any atom is -0.355 e. The van der Waals surface area contributed by atoms with Gasteiger partial charge in [-0.15, -0.1) is 0 Å². The van der Waals surface area contributed by atoms with E-state index in [0.717, 1.165) is 31.7 Å². The van der Waals surface area contributed by atoms with Crippen molar-refractivity contribution in [3.8, 4) is 0 Å². The lowest BCUT2D eigenvalue weighted by atomic mass is 10.2. The van der Waals surface area contributed by atoms with Crippen LogP contribution in [0.4, 0.5) is 0 Å². The second kappa shape index (κ2) is 7.99. The zero-order chi connectivity index (χ0) is 10.9. The van der Waals surface area contributed by atoms with E-state index in [1.54, 1.807) is 0 Å². The lowest BCUT2D eigenvalue weighted by Crippen LogP contribution is -2.37. The summed E-state index contributed by atoms with van der Waals surface area (Å²) in [6.45, 7) is 1.91. The Kier molecular flexibility index (Phi) is 6.85. The van der Waals surface area contributed by atoms with Crippen LogP contribution in [0.5, 0.6) is 0 Å². The Morgan fingerprint density at radius 1 is 1.53 bits per heavy atom. The molecule has 0 aromatic carbocycles. The molecule has 0 aliphatic carbocycles. The van der Waals surface area contributed by atoms with Crippen molar-refractivity contribution >= 4 is 17.7 Å². The van der Waals surface area contributed by atoms with Crippen molar-refractivity contribution in [1.29, 1.82) is 0 Å². The van der Waals surface area contributed by atoms with Crippen molar-refractivity contribution in [2.24, 2.45) is 0 Å². The highest BCUT2D eigenvalue weighted by atomic mass is 32.2. The van der Waals surface area contributed by atoms with Crippen LogP contribution >= 0.6 is 11.8 Å². The monoisotopic (exact) mass is 230 g/mol. The number of amides is 1. The number of hydrogen-bond donors (Lipinski definition) is 2. The van der Waals surface area contributed by atoms with Crippen molar-refractivity contribution in [3.63, 3.8) is 0 Å². The van der Waals surface area contributed by atoms with Crippen molar-refractivity contribution in [2.75, 3.05) is 25.1 Å². The van der Waals surface area contributed by atoms with Gasteiger partial charge in [0.1, 0.15) is 0 Å². The summed E-state index contributed by atoms with van der Waals surface area (Å²) in [5.74, 6) is 1.38. The topological polar surface area (TPSA) is 41.1 Å². The van der Waals surface area contributed by atoms with Gasteiger partial charge >= 0.3 is 0 Å². The number of unbranched alkanes of at least 4 members (excludes halogenated alkanes) is 1. The van der Waals surface area contributed by atoms with Crippen LogP contribution in [-0.2, 0) is 4.79 Å². The van der Waals surface area contributed by atoms with Crippen LogP contribution in [0.1, 0.15) is 32.1 Å². The second-order valence-corrected chi connectivity index (χ2v) is 5.03.